The molecule has 0 bridgehead atoms. The Morgan fingerprint density at radius 2 is 1.52 bits per heavy atom. The van der Waals surface area contributed by atoms with Gasteiger partial charge in [-0.3, -0.25) is 4.79 Å². The van der Waals surface area contributed by atoms with Crippen molar-refractivity contribution >= 4 is 28.3 Å². The SMILES string of the molecule is Cc1ccc(C(=O)Nc2ccc(CNc3ccc(-c4nc5ccccc5[nH]4)cc3)cc2)cc1. The number of aromatic nitrogens is 2. The third-order valence-electron chi connectivity index (χ3n) is 5.57. The molecule has 1 heterocycles. The van der Waals surface area contributed by atoms with Crippen molar-refractivity contribution in [2.24, 2.45) is 0 Å². The molecule has 0 fully saturated rings. The Bertz CT molecular complexity index is 1350. The zero-order valence-corrected chi connectivity index (χ0v) is 18.3. The van der Waals surface area contributed by atoms with Crippen LogP contribution >= 0.6 is 0 Å². The number of para-hydroxylation sites is 2. The highest BCUT2D eigenvalue weighted by Crippen LogP contribution is 2.22. The van der Waals surface area contributed by atoms with Gasteiger partial charge in [-0.05, 0) is 73.2 Å². The number of nitrogens with zero attached hydrogens (tertiary/aromatic N) is 1. The highest BCUT2D eigenvalue weighted by atomic mass is 16.1. The molecule has 5 aromatic rings. The first-order chi connectivity index (χ1) is 16.1. The van der Waals surface area contributed by atoms with Crippen molar-refractivity contribution in [3.05, 3.63) is 114 Å². The van der Waals surface area contributed by atoms with Gasteiger partial charge in [0.1, 0.15) is 5.82 Å². The van der Waals surface area contributed by atoms with Crippen LogP contribution in [-0.2, 0) is 6.54 Å². The number of fused-ring (bicyclic) bond motifs is 1. The van der Waals surface area contributed by atoms with E-state index in [0.29, 0.717) is 12.1 Å². The second-order valence-corrected chi connectivity index (χ2v) is 8.05. The summed E-state index contributed by atoms with van der Waals surface area (Å²) in [7, 11) is 0. The minimum Gasteiger partial charge on any atom is -0.381 e. The third-order valence-corrected chi connectivity index (χ3v) is 5.57. The van der Waals surface area contributed by atoms with Crippen LogP contribution in [-0.4, -0.2) is 15.9 Å². The number of hydrogen-bond acceptors (Lipinski definition) is 3. The first-order valence-electron chi connectivity index (χ1n) is 10.9. The molecule has 0 saturated carbocycles. The van der Waals surface area contributed by atoms with Gasteiger partial charge in [0.05, 0.1) is 11.0 Å². The van der Waals surface area contributed by atoms with Crippen LogP contribution in [0.2, 0.25) is 0 Å². The zero-order chi connectivity index (χ0) is 22.6. The van der Waals surface area contributed by atoms with Gasteiger partial charge < -0.3 is 15.6 Å². The summed E-state index contributed by atoms with van der Waals surface area (Å²) >= 11 is 0. The van der Waals surface area contributed by atoms with Crippen LogP contribution in [0.15, 0.2) is 97.1 Å². The number of aryl methyl sites for hydroxylation is 1. The topological polar surface area (TPSA) is 69.8 Å². The number of amides is 1. The second-order valence-electron chi connectivity index (χ2n) is 8.05. The van der Waals surface area contributed by atoms with Gasteiger partial charge in [-0.15, -0.1) is 0 Å². The van der Waals surface area contributed by atoms with Crippen LogP contribution in [0.1, 0.15) is 21.5 Å². The fourth-order valence-electron chi connectivity index (χ4n) is 3.65. The van der Waals surface area contributed by atoms with Crippen LogP contribution < -0.4 is 10.6 Å². The number of carbonyl (C=O) groups excluding carboxylic acids is 1. The van der Waals surface area contributed by atoms with Gasteiger partial charge in [-0.2, -0.15) is 0 Å². The molecule has 0 aliphatic carbocycles. The van der Waals surface area contributed by atoms with E-state index in [0.717, 1.165) is 44.9 Å². The Balaban J connectivity index is 1.18. The molecule has 0 radical (unpaired) electrons. The molecule has 3 N–H and O–H groups in total. The molecule has 5 nitrogen and oxygen atoms in total. The van der Waals surface area contributed by atoms with Crippen LogP contribution in [0.4, 0.5) is 11.4 Å². The third kappa shape index (κ3) is 4.77. The average Bonchev–Trinajstić information content (AvgIpc) is 3.29. The molecule has 1 amide bonds. The van der Waals surface area contributed by atoms with E-state index in [1.807, 2.05) is 79.7 Å². The van der Waals surface area contributed by atoms with Crippen molar-refractivity contribution in [3.8, 4) is 11.4 Å². The number of nitrogens with one attached hydrogen (secondary N) is 3. The second kappa shape index (κ2) is 9.01. The van der Waals surface area contributed by atoms with Crippen molar-refractivity contribution in [3.63, 3.8) is 0 Å². The van der Waals surface area contributed by atoms with Gasteiger partial charge in [0, 0.05) is 29.0 Å². The van der Waals surface area contributed by atoms with E-state index in [9.17, 15) is 4.79 Å². The molecular formula is C28H24N4O. The van der Waals surface area contributed by atoms with E-state index in [1.54, 1.807) is 0 Å². The Labute approximate surface area is 192 Å². The molecule has 4 aromatic carbocycles. The normalized spacial score (nSPS) is 10.8. The van der Waals surface area contributed by atoms with Crippen LogP contribution in [0, 0.1) is 6.92 Å². The highest BCUT2D eigenvalue weighted by molar-refractivity contribution is 6.04. The largest absolute Gasteiger partial charge is 0.381 e. The molecule has 0 saturated heterocycles. The number of benzene rings is 4. The first kappa shape index (κ1) is 20.5. The summed E-state index contributed by atoms with van der Waals surface area (Å²) in [6.45, 7) is 2.69. The quantitative estimate of drug-likeness (QED) is 0.291. The fourth-order valence-corrected chi connectivity index (χ4v) is 3.65. The summed E-state index contributed by atoms with van der Waals surface area (Å²) in [6.07, 6.45) is 0. The number of anilines is 2. The van der Waals surface area contributed by atoms with E-state index in [1.165, 1.54) is 0 Å². The fraction of sp³-hybridized carbons (Fsp3) is 0.0714. The molecule has 0 aliphatic heterocycles. The summed E-state index contributed by atoms with van der Waals surface area (Å²) in [5.74, 6) is 0.761. The molecule has 0 spiro atoms. The Morgan fingerprint density at radius 1 is 0.818 bits per heavy atom. The maximum atomic E-state index is 12.4. The zero-order valence-electron chi connectivity index (χ0n) is 18.3. The van der Waals surface area contributed by atoms with Crippen LogP contribution in [0.5, 0.6) is 0 Å². The van der Waals surface area contributed by atoms with E-state index < -0.39 is 0 Å². The Hall–Kier alpha value is -4.38. The number of hydrogen-bond donors (Lipinski definition) is 3. The van der Waals surface area contributed by atoms with Gasteiger partial charge in [0.15, 0.2) is 0 Å². The summed E-state index contributed by atoms with van der Waals surface area (Å²) in [5.41, 5.74) is 7.77. The van der Waals surface area contributed by atoms with E-state index >= 15 is 0 Å². The smallest absolute Gasteiger partial charge is 0.255 e. The molecular weight excluding hydrogens is 408 g/mol. The number of aromatic amines is 1. The highest BCUT2D eigenvalue weighted by Gasteiger charge is 2.07. The number of H-pyrrole nitrogens is 1. The van der Waals surface area contributed by atoms with Crippen molar-refractivity contribution in [2.45, 2.75) is 13.5 Å². The lowest BCUT2D eigenvalue weighted by atomic mass is 10.1. The standard InChI is InChI=1S/C28H24N4O/c1-19-6-10-22(11-7-19)28(33)30-24-14-8-20(9-15-24)18-29-23-16-12-21(13-17-23)27-31-25-4-2-3-5-26(25)32-27/h2-17,29H,18H2,1H3,(H,30,33)(H,31,32). The predicted octanol–water partition coefficient (Wildman–Crippen LogP) is 6.40. The summed E-state index contributed by atoms with van der Waals surface area (Å²) in [5, 5.41) is 6.38. The van der Waals surface area contributed by atoms with Crippen LogP contribution in [0.3, 0.4) is 0 Å². The molecule has 0 atom stereocenters. The van der Waals surface area contributed by atoms with Crippen molar-refractivity contribution < 1.29 is 4.79 Å². The van der Waals surface area contributed by atoms with Gasteiger partial charge in [-0.1, -0.05) is 42.0 Å². The van der Waals surface area contributed by atoms with Gasteiger partial charge >= 0.3 is 0 Å². The number of carbonyl (C=O) groups is 1. The minimum atomic E-state index is -0.106. The Morgan fingerprint density at radius 3 is 2.24 bits per heavy atom. The first-order valence-corrected chi connectivity index (χ1v) is 10.9. The summed E-state index contributed by atoms with van der Waals surface area (Å²) < 4.78 is 0. The molecule has 33 heavy (non-hydrogen) atoms. The average molecular weight is 433 g/mol. The number of imidazole rings is 1. The van der Waals surface area contributed by atoms with E-state index in [4.69, 9.17) is 0 Å². The summed E-state index contributed by atoms with van der Waals surface area (Å²) in [6, 6.07) is 31.7. The molecule has 0 unspecified atom stereocenters. The lowest BCUT2D eigenvalue weighted by Crippen LogP contribution is -2.11. The van der Waals surface area contributed by atoms with Crippen molar-refractivity contribution in [1.29, 1.82) is 0 Å². The summed E-state index contributed by atoms with van der Waals surface area (Å²) in [4.78, 5) is 20.4. The monoisotopic (exact) mass is 432 g/mol. The molecule has 162 valence electrons. The maximum absolute atomic E-state index is 12.4. The van der Waals surface area contributed by atoms with E-state index in [-0.39, 0.29) is 5.91 Å². The van der Waals surface area contributed by atoms with Crippen LogP contribution in [0.25, 0.3) is 22.4 Å². The lowest BCUT2D eigenvalue weighted by Gasteiger charge is -2.09. The Kier molecular flexibility index (Phi) is 5.60. The van der Waals surface area contributed by atoms with Gasteiger partial charge in [0.25, 0.3) is 5.91 Å². The molecule has 5 rings (SSSR count). The van der Waals surface area contributed by atoms with Gasteiger partial charge in [-0.25, -0.2) is 4.98 Å². The van der Waals surface area contributed by atoms with Crippen molar-refractivity contribution in [1.82, 2.24) is 9.97 Å². The predicted molar refractivity (Wildman–Crippen MR) is 134 cm³/mol. The number of rotatable bonds is 6. The maximum Gasteiger partial charge on any atom is 0.255 e. The lowest BCUT2D eigenvalue weighted by molar-refractivity contribution is 0.102. The van der Waals surface area contributed by atoms with Crippen molar-refractivity contribution in [2.75, 3.05) is 10.6 Å². The molecule has 0 aliphatic rings. The molecule has 1 aromatic heterocycles. The van der Waals surface area contributed by atoms with E-state index in [2.05, 4.69) is 44.9 Å². The van der Waals surface area contributed by atoms with Gasteiger partial charge in [0.2, 0.25) is 0 Å². The minimum absolute atomic E-state index is 0.106. The molecule has 5 heteroatoms.